The minimum atomic E-state index is -1.21. The molecule has 308 valence electrons. The van der Waals surface area contributed by atoms with Gasteiger partial charge in [-0.1, -0.05) is 62.4 Å². The maximum absolute atomic E-state index is 13.7. The number of rotatable bonds is 13. The second kappa shape index (κ2) is 18.2. The Bertz CT molecular complexity index is 2040. The zero-order chi connectivity index (χ0) is 40.8. The third-order valence-corrected chi connectivity index (χ3v) is 11.4. The van der Waals surface area contributed by atoms with E-state index in [0.29, 0.717) is 50.9 Å². The first-order valence-electron chi connectivity index (χ1n) is 20.2. The van der Waals surface area contributed by atoms with Gasteiger partial charge in [0.15, 0.2) is 0 Å². The Morgan fingerprint density at radius 3 is 1.76 bits per heavy atom. The summed E-state index contributed by atoms with van der Waals surface area (Å²) < 4.78 is 10.2. The van der Waals surface area contributed by atoms with Gasteiger partial charge in [-0.05, 0) is 60.3 Å². The molecule has 4 amide bonds. The molecule has 3 aliphatic heterocycles. The Balaban J connectivity index is 0.980. The van der Waals surface area contributed by atoms with Gasteiger partial charge in [0, 0.05) is 32.7 Å². The number of carbonyl (C=O) groups is 4. The number of nitrogens with one attached hydrogen (secondary N) is 4. The van der Waals surface area contributed by atoms with Crippen LogP contribution in [0.1, 0.15) is 69.7 Å². The molecule has 0 spiro atoms. The van der Waals surface area contributed by atoms with Crippen molar-refractivity contribution in [3.05, 3.63) is 72.6 Å². The van der Waals surface area contributed by atoms with Crippen LogP contribution in [0.5, 0.6) is 0 Å². The molecule has 0 radical (unpaired) electrons. The predicted molar refractivity (Wildman–Crippen MR) is 215 cm³/mol. The monoisotopic (exact) mass is 795 g/mol. The highest BCUT2D eigenvalue weighted by Gasteiger charge is 2.38. The number of alkyl carbamates (subject to hydrolysis) is 1. The van der Waals surface area contributed by atoms with Crippen LogP contribution in [0.4, 0.5) is 9.59 Å². The molecule has 16 nitrogen and oxygen atoms in total. The van der Waals surface area contributed by atoms with Gasteiger partial charge in [0.05, 0.1) is 56.2 Å². The number of likely N-dealkylation sites (tertiary alicyclic amines) is 2. The van der Waals surface area contributed by atoms with Crippen molar-refractivity contribution < 1.29 is 33.8 Å². The minimum Gasteiger partial charge on any atom is -0.465 e. The second-order valence-corrected chi connectivity index (χ2v) is 15.5. The molecule has 0 bridgehead atoms. The molecule has 3 aliphatic rings. The van der Waals surface area contributed by atoms with Crippen molar-refractivity contribution in [2.75, 3.05) is 53.0 Å². The van der Waals surface area contributed by atoms with Crippen LogP contribution < -0.4 is 10.6 Å². The Labute approximate surface area is 337 Å². The molecular weight excluding hydrogens is 743 g/mol. The van der Waals surface area contributed by atoms with Crippen LogP contribution in [0.3, 0.4) is 0 Å². The van der Waals surface area contributed by atoms with Crippen LogP contribution in [-0.2, 0) is 19.1 Å². The lowest BCUT2D eigenvalue weighted by Crippen LogP contribution is -2.51. The molecule has 0 aliphatic carbocycles. The van der Waals surface area contributed by atoms with Crippen molar-refractivity contribution in [2.45, 2.75) is 70.1 Å². The van der Waals surface area contributed by atoms with Crippen LogP contribution in [-0.4, -0.2) is 129 Å². The second-order valence-electron chi connectivity index (χ2n) is 15.5. The molecule has 4 aromatic rings. The number of imidazole rings is 2. The lowest BCUT2D eigenvalue weighted by Gasteiger charge is -2.31. The number of morpholine rings is 1. The maximum atomic E-state index is 13.7. The number of methoxy groups -OCH3 is 1. The lowest BCUT2D eigenvalue weighted by molar-refractivity contribution is -0.136. The summed E-state index contributed by atoms with van der Waals surface area (Å²) >= 11 is 0. The van der Waals surface area contributed by atoms with Gasteiger partial charge in [0.25, 0.3) is 0 Å². The van der Waals surface area contributed by atoms with Gasteiger partial charge in [-0.25, -0.2) is 19.6 Å². The number of aromatic nitrogens is 4. The molecule has 5 heterocycles. The number of H-pyrrole nitrogens is 2. The standard InChI is InChI=1S/C42H53N9O7/c1-26(2)36(48-42(56)57-3)40(53)51-18-5-7-35(51)38-44-25-33(46-38)30-14-10-28(11-15-30)27-8-12-29(13-9-27)32-24-43-37(45-32)34-6-4-17-50(34)39(52)31(47-41(54)55)16-19-49-20-22-58-23-21-49/h8-15,24-26,31,34-36,47H,4-7,16-23H2,1-3H3,(H,43,45)(H,44,46)(H,48,56)(H,54,55)/t31-,34-,35-,36-/m0/s1. The first kappa shape index (κ1) is 40.5. The van der Waals surface area contributed by atoms with Crippen molar-refractivity contribution in [1.82, 2.24) is 45.3 Å². The predicted octanol–water partition coefficient (Wildman–Crippen LogP) is 5.20. The fourth-order valence-corrected chi connectivity index (χ4v) is 8.24. The highest BCUT2D eigenvalue weighted by atomic mass is 16.5. The molecule has 2 aromatic heterocycles. The number of amides is 4. The SMILES string of the molecule is COC(=O)N[C@H](C(=O)N1CCC[C@H]1c1ncc(-c2ccc(-c3ccc(-c4cnc([C@@H]5CCCN5C(=O)[C@H](CCN5CCOCC5)NC(=O)O)[nH]4)cc3)cc2)[nH]1)C(C)C. The topological polar surface area (TPSA) is 198 Å². The number of carboxylic acid groups (broad SMARTS) is 1. The number of benzene rings is 2. The molecule has 16 heteroatoms. The summed E-state index contributed by atoms with van der Waals surface area (Å²) in [7, 11) is 1.29. The van der Waals surface area contributed by atoms with Crippen LogP contribution in [0.15, 0.2) is 60.9 Å². The fraction of sp³-hybridized carbons (Fsp3) is 0.476. The van der Waals surface area contributed by atoms with Gasteiger partial charge in [-0.2, -0.15) is 0 Å². The molecule has 0 unspecified atom stereocenters. The highest BCUT2D eigenvalue weighted by Crippen LogP contribution is 2.35. The van der Waals surface area contributed by atoms with E-state index in [9.17, 15) is 24.3 Å². The zero-order valence-corrected chi connectivity index (χ0v) is 33.3. The summed E-state index contributed by atoms with van der Waals surface area (Å²) in [5, 5.41) is 14.7. The molecular formula is C42H53N9O7. The number of hydrogen-bond donors (Lipinski definition) is 5. The highest BCUT2D eigenvalue weighted by molar-refractivity contribution is 5.87. The molecule has 3 fully saturated rings. The minimum absolute atomic E-state index is 0.110. The number of hydrogen-bond acceptors (Lipinski definition) is 9. The average Bonchev–Trinajstić information content (AvgIpc) is 4.08. The van der Waals surface area contributed by atoms with Crippen LogP contribution >= 0.6 is 0 Å². The van der Waals surface area contributed by atoms with Crippen molar-refractivity contribution >= 4 is 24.0 Å². The van der Waals surface area contributed by atoms with Gasteiger partial charge in [0.1, 0.15) is 23.7 Å². The molecule has 0 saturated carbocycles. The van der Waals surface area contributed by atoms with E-state index in [0.717, 1.165) is 72.4 Å². The van der Waals surface area contributed by atoms with E-state index < -0.39 is 24.3 Å². The van der Waals surface area contributed by atoms with E-state index in [1.807, 2.05) is 38.1 Å². The van der Waals surface area contributed by atoms with E-state index in [2.05, 4.69) is 59.7 Å². The summed E-state index contributed by atoms with van der Waals surface area (Å²) in [6.45, 7) is 8.34. The van der Waals surface area contributed by atoms with Crippen LogP contribution in [0.25, 0.3) is 33.6 Å². The van der Waals surface area contributed by atoms with Gasteiger partial charge in [0.2, 0.25) is 11.8 Å². The van der Waals surface area contributed by atoms with Gasteiger partial charge < -0.3 is 45.0 Å². The lowest BCUT2D eigenvalue weighted by atomic mass is 10.0. The number of aromatic amines is 2. The molecule has 2 aromatic carbocycles. The normalized spacial score (nSPS) is 19.6. The average molecular weight is 796 g/mol. The smallest absolute Gasteiger partial charge is 0.407 e. The van der Waals surface area contributed by atoms with E-state index in [1.165, 1.54) is 7.11 Å². The van der Waals surface area contributed by atoms with Crippen molar-refractivity contribution in [2.24, 2.45) is 5.92 Å². The number of ether oxygens (including phenoxy) is 2. The van der Waals surface area contributed by atoms with E-state index in [-0.39, 0.29) is 29.8 Å². The van der Waals surface area contributed by atoms with Gasteiger partial charge in [-0.3, -0.25) is 14.5 Å². The Morgan fingerprint density at radius 1 is 0.776 bits per heavy atom. The maximum Gasteiger partial charge on any atom is 0.407 e. The Morgan fingerprint density at radius 2 is 1.28 bits per heavy atom. The summed E-state index contributed by atoms with van der Waals surface area (Å²) in [6.07, 6.45) is 5.29. The third-order valence-electron chi connectivity index (χ3n) is 11.4. The van der Waals surface area contributed by atoms with Gasteiger partial charge in [-0.15, -0.1) is 0 Å². The van der Waals surface area contributed by atoms with Crippen LogP contribution in [0, 0.1) is 5.92 Å². The number of carbonyl (C=O) groups excluding carboxylic acids is 3. The van der Waals surface area contributed by atoms with E-state index >= 15 is 0 Å². The number of nitrogens with zero attached hydrogens (tertiary/aromatic N) is 5. The molecule has 4 atom stereocenters. The quantitative estimate of drug-likeness (QED) is 0.120. The Kier molecular flexibility index (Phi) is 12.7. The molecule has 5 N–H and O–H groups in total. The van der Waals surface area contributed by atoms with Crippen molar-refractivity contribution in [3.8, 4) is 33.6 Å². The molecule has 58 heavy (non-hydrogen) atoms. The summed E-state index contributed by atoms with van der Waals surface area (Å²) in [6, 6.07) is 14.4. The summed E-state index contributed by atoms with van der Waals surface area (Å²) in [5.74, 6) is 0.925. The Hall–Kier alpha value is -5.74. The van der Waals surface area contributed by atoms with Crippen molar-refractivity contribution in [3.63, 3.8) is 0 Å². The first-order valence-corrected chi connectivity index (χ1v) is 20.2. The van der Waals surface area contributed by atoms with Crippen molar-refractivity contribution in [1.29, 1.82) is 0 Å². The van der Waals surface area contributed by atoms with E-state index in [4.69, 9.17) is 9.47 Å². The fourth-order valence-electron chi connectivity index (χ4n) is 8.24. The largest absolute Gasteiger partial charge is 0.465 e. The summed E-state index contributed by atoms with van der Waals surface area (Å²) in [5.41, 5.74) is 5.70. The van der Waals surface area contributed by atoms with Gasteiger partial charge >= 0.3 is 12.2 Å². The first-order chi connectivity index (χ1) is 28.1. The summed E-state index contributed by atoms with van der Waals surface area (Å²) in [4.78, 5) is 72.9. The third kappa shape index (κ3) is 9.18. The molecule has 3 saturated heterocycles. The zero-order valence-electron chi connectivity index (χ0n) is 33.3. The molecule has 7 rings (SSSR count). The van der Waals surface area contributed by atoms with Crippen LogP contribution in [0.2, 0.25) is 0 Å². The van der Waals surface area contributed by atoms with E-state index in [1.54, 1.807) is 22.2 Å².